The quantitative estimate of drug-likeness (QED) is 0.800. The monoisotopic (exact) mass is 312 g/mol. The van der Waals surface area contributed by atoms with Crippen LogP contribution < -0.4 is 10.0 Å². The summed E-state index contributed by atoms with van der Waals surface area (Å²) in [6.45, 7) is 3.71. The van der Waals surface area contributed by atoms with Gasteiger partial charge in [-0.3, -0.25) is 0 Å². The summed E-state index contributed by atoms with van der Waals surface area (Å²) in [5.74, 6) is 0. The maximum Gasteiger partial charge on any atom is 0.258 e. The van der Waals surface area contributed by atoms with Gasteiger partial charge in [0.2, 0.25) is 0 Å². The number of nitrogens with zero attached hydrogens (tertiary/aromatic N) is 2. The molecular formula is C12H16N4O2S2. The van der Waals surface area contributed by atoms with Gasteiger partial charge in [0.15, 0.2) is 5.03 Å². The molecule has 2 aromatic heterocycles. The molecule has 0 amide bonds. The maximum atomic E-state index is 12.0. The van der Waals surface area contributed by atoms with Crippen molar-refractivity contribution in [2.45, 2.75) is 25.0 Å². The molecular weight excluding hydrogens is 296 g/mol. The van der Waals surface area contributed by atoms with Crippen molar-refractivity contribution in [1.82, 2.24) is 20.0 Å². The van der Waals surface area contributed by atoms with Gasteiger partial charge in [-0.2, -0.15) is 0 Å². The molecule has 0 aromatic carbocycles. The highest BCUT2D eigenvalue weighted by molar-refractivity contribution is 7.89. The molecule has 2 rings (SSSR count). The highest BCUT2D eigenvalue weighted by Gasteiger charge is 2.15. The fraction of sp³-hybridized carbons (Fsp3) is 0.333. The second-order valence-electron chi connectivity index (χ2n) is 4.09. The molecule has 2 aromatic rings. The van der Waals surface area contributed by atoms with E-state index in [1.54, 1.807) is 23.2 Å². The van der Waals surface area contributed by atoms with Gasteiger partial charge < -0.3 is 5.32 Å². The number of thiazole rings is 1. The Kier molecular flexibility index (Phi) is 5.18. The average Bonchev–Trinajstić information content (AvgIpc) is 2.97. The molecule has 0 aliphatic heterocycles. The van der Waals surface area contributed by atoms with Crippen LogP contribution in [0.2, 0.25) is 0 Å². The SMILES string of the molecule is CCNCc1ccc(S(=O)(=O)NCc2cscn2)nc1. The van der Waals surface area contributed by atoms with Crippen LogP contribution in [0.15, 0.2) is 34.2 Å². The van der Waals surface area contributed by atoms with Gasteiger partial charge in [-0.1, -0.05) is 13.0 Å². The van der Waals surface area contributed by atoms with Gasteiger partial charge in [-0.05, 0) is 18.2 Å². The van der Waals surface area contributed by atoms with Crippen LogP contribution in [0.5, 0.6) is 0 Å². The van der Waals surface area contributed by atoms with Gasteiger partial charge in [-0.15, -0.1) is 11.3 Å². The van der Waals surface area contributed by atoms with Gasteiger partial charge in [-0.25, -0.2) is 23.1 Å². The smallest absolute Gasteiger partial charge is 0.258 e. The van der Waals surface area contributed by atoms with Gasteiger partial charge in [0.1, 0.15) is 0 Å². The Hall–Kier alpha value is -1.35. The van der Waals surface area contributed by atoms with E-state index >= 15 is 0 Å². The van der Waals surface area contributed by atoms with Crippen LogP contribution in [0, 0.1) is 0 Å². The normalized spacial score (nSPS) is 11.7. The summed E-state index contributed by atoms with van der Waals surface area (Å²) in [5.41, 5.74) is 3.31. The lowest BCUT2D eigenvalue weighted by molar-refractivity contribution is 0.576. The minimum absolute atomic E-state index is 0.0213. The van der Waals surface area contributed by atoms with E-state index in [-0.39, 0.29) is 11.6 Å². The number of nitrogens with one attached hydrogen (secondary N) is 2. The zero-order valence-corrected chi connectivity index (χ0v) is 12.7. The second-order valence-corrected chi connectivity index (χ2v) is 6.52. The van der Waals surface area contributed by atoms with Crippen molar-refractivity contribution in [3.05, 3.63) is 40.5 Å². The number of rotatable bonds is 7. The van der Waals surface area contributed by atoms with E-state index in [1.165, 1.54) is 17.4 Å². The fourth-order valence-electron chi connectivity index (χ4n) is 1.51. The van der Waals surface area contributed by atoms with Crippen molar-refractivity contribution in [2.75, 3.05) is 6.54 Å². The van der Waals surface area contributed by atoms with Crippen molar-refractivity contribution in [1.29, 1.82) is 0 Å². The number of aromatic nitrogens is 2. The standard InChI is InChI=1S/C12H16N4O2S2/c1-2-13-5-10-3-4-12(14-6-10)20(17,18)16-7-11-8-19-9-15-11/h3-4,6,8-9,13,16H,2,5,7H2,1H3. The summed E-state index contributed by atoms with van der Waals surface area (Å²) in [6, 6.07) is 3.27. The van der Waals surface area contributed by atoms with Gasteiger partial charge >= 0.3 is 0 Å². The summed E-state index contributed by atoms with van der Waals surface area (Å²) in [7, 11) is -3.59. The third kappa shape index (κ3) is 4.07. The molecule has 2 heterocycles. The molecule has 0 saturated heterocycles. The van der Waals surface area contributed by atoms with Crippen LogP contribution in [-0.4, -0.2) is 24.9 Å². The summed E-state index contributed by atoms with van der Waals surface area (Å²) in [5, 5.41) is 4.98. The number of pyridine rings is 1. The predicted octanol–water partition coefficient (Wildman–Crippen LogP) is 1.13. The molecule has 0 fully saturated rings. The Balaban J connectivity index is 2.01. The predicted molar refractivity (Wildman–Crippen MR) is 77.8 cm³/mol. The van der Waals surface area contributed by atoms with Gasteiger partial charge in [0.05, 0.1) is 17.7 Å². The summed E-state index contributed by atoms with van der Waals surface area (Å²) in [6.07, 6.45) is 1.57. The Morgan fingerprint density at radius 2 is 2.10 bits per heavy atom. The maximum absolute atomic E-state index is 12.0. The lowest BCUT2D eigenvalue weighted by Gasteiger charge is -2.06. The molecule has 0 spiro atoms. The van der Waals surface area contributed by atoms with Crippen molar-refractivity contribution in [3.8, 4) is 0 Å². The van der Waals surface area contributed by atoms with E-state index in [0.717, 1.165) is 12.1 Å². The minimum atomic E-state index is -3.59. The van der Waals surface area contributed by atoms with E-state index in [0.29, 0.717) is 12.2 Å². The summed E-state index contributed by atoms with van der Waals surface area (Å²) < 4.78 is 26.6. The van der Waals surface area contributed by atoms with E-state index in [9.17, 15) is 8.42 Å². The van der Waals surface area contributed by atoms with Crippen molar-refractivity contribution in [3.63, 3.8) is 0 Å². The summed E-state index contributed by atoms with van der Waals surface area (Å²) in [4.78, 5) is 8.02. The van der Waals surface area contributed by atoms with Crippen LogP contribution >= 0.6 is 11.3 Å². The van der Waals surface area contributed by atoms with Gasteiger partial charge in [0, 0.05) is 18.1 Å². The largest absolute Gasteiger partial charge is 0.313 e. The highest BCUT2D eigenvalue weighted by atomic mass is 32.2. The molecule has 0 bridgehead atoms. The first-order valence-electron chi connectivity index (χ1n) is 6.14. The van der Waals surface area contributed by atoms with E-state index < -0.39 is 10.0 Å². The van der Waals surface area contributed by atoms with E-state index in [4.69, 9.17) is 0 Å². The van der Waals surface area contributed by atoms with Crippen LogP contribution in [0.3, 0.4) is 0 Å². The lowest BCUT2D eigenvalue weighted by atomic mass is 10.3. The molecule has 8 heteroatoms. The first-order chi connectivity index (χ1) is 9.62. The molecule has 0 radical (unpaired) electrons. The van der Waals surface area contributed by atoms with Crippen LogP contribution in [-0.2, 0) is 23.1 Å². The zero-order valence-electron chi connectivity index (χ0n) is 11.0. The molecule has 0 aliphatic rings. The topological polar surface area (TPSA) is 84.0 Å². The molecule has 2 N–H and O–H groups in total. The third-order valence-corrected chi connectivity index (χ3v) is 4.53. The van der Waals surface area contributed by atoms with Crippen molar-refractivity contribution >= 4 is 21.4 Å². The highest BCUT2D eigenvalue weighted by Crippen LogP contribution is 2.08. The number of hydrogen-bond acceptors (Lipinski definition) is 6. The van der Waals surface area contributed by atoms with Crippen molar-refractivity contribution in [2.24, 2.45) is 0 Å². The zero-order chi connectivity index (χ0) is 14.4. The molecule has 0 atom stereocenters. The number of sulfonamides is 1. The van der Waals surface area contributed by atoms with E-state index in [1.807, 2.05) is 6.92 Å². The Morgan fingerprint density at radius 1 is 1.25 bits per heavy atom. The Labute approximate surface area is 122 Å². The fourth-order valence-corrected chi connectivity index (χ4v) is 2.99. The third-order valence-electron chi connectivity index (χ3n) is 2.58. The van der Waals surface area contributed by atoms with Gasteiger partial charge in [0.25, 0.3) is 10.0 Å². The number of hydrogen-bond donors (Lipinski definition) is 2. The minimum Gasteiger partial charge on any atom is -0.313 e. The van der Waals surface area contributed by atoms with Crippen LogP contribution in [0.1, 0.15) is 18.2 Å². The first kappa shape index (κ1) is 15.0. The molecule has 108 valence electrons. The van der Waals surface area contributed by atoms with E-state index in [2.05, 4.69) is 20.0 Å². The molecule has 0 aliphatic carbocycles. The molecule has 20 heavy (non-hydrogen) atoms. The molecule has 6 nitrogen and oxygen atoms in total. The summed E-state index contributed by atoms with van der Waals surface area (Å²) >= 11 is 1.43. The Bertz CT molecular complexity index is 624. The van der Waals surface area contributed by atoms with Crippen LogP contribution in [0.4, 0.5) is 0 Å². The first-order valence-corrected chi connectivity index (χ1v) is 8.57. The van der Waals surface area contributed by atoms with Crippen molar-refractivity contribution < 1.29 is 8.42 Å². The Morgan fingerprint density at radius 3 is 2.70 bits per heavy atom. The second kappa shape index (κ2) is 6.89. The lowest BCUT2D eigenvalue weighted by Crippen LogP contribution is -2.24. The average molecular weight is 312 g/mol. The molecule has 0 saturated carbocycles. The van der Waals surface area contributed by atoms with Crippen LogP contribution in [0.25, 0.3) is 0 Å². The molecule has 0 unspecified atom stereocenters.